The molecule has 1 heterocycles. The summed E-state index contributed by atoms with van der Waals surface area (Å²) in [4.78, 5) is 13.1. The molecule has 1 atom stereocenters. The molecule has 0 bridgehead atoms. The highest BCUT2D eigenvalue weighted by atomic mass is 35.5. The minimum Gasteiger partial charge on any atom is -0.497 e. The Labute approximate surface area is 139 Å². The van der Waals surface area contributed by atoms with E-state index in [4.69, 9.17) is 22.1 Å². The molecule has 0 spiro atoms. The highest BCUT2D eigenvalue weighted by molar-refractivity contribution is 6.35. The van der Waals surface area contributed by atoms with E-state index in [0.717, 1.165) is 11.1 Å². The first-order chi connectivity index (χ1) is 11.0. The molecule has 0 aliphatic carbocycles. The topological polar surface area (TPSA) is 57.2 Å². The molecular weight excluding hydrogens is 312 g/mol. The lowest BCUT2D eigenvalue weighted by Crippen LogP contribution is -2.25. The summed E-state index contributed by atoms with van der Waals surface area (Å²) in [5, 5.41) is 1.70. The van der Waals surface area contributed by atoms with E-state index < -0.39 is 0 Å². The fourth-order valence-corrected chi connectivity index (χ4v) is 2.95. The Hall–Kier alpha value is -2.30. The largest absolute Gasteiger partial charge is 0.497 e. The highest BCUT2D eigenvalue weighted by Gasteiger charge is 2.15. The van der Waals surface area contributed by atoms with Gasteiger partial charge >= 0.3 is 0 Å². The first kappa shape index (κ1) is 15.6. The molecule has 1 aromatic heterocycles. The fourth-order valence-electron chi connectivity index (χ4n) is 2.69. The van der Waals surface area contributed by atoms with Crippen LogP contribution in [0.3, 0.4) is 0 Å². The lowest BCUT2D eigenvalue weighted by molar-refractivity contribution is 0.414. The van der Waals surface area contributed by atoms with Gasteiger partial charge in [0.05, 0.1) is 23.2 Å². The molecule has 0 fully saturated rings. The van der Waals surface area contributed by atoms with Gasteiger partial charge in [0.25, 0.3) is 5.56 Å². The second-order valence-electron chi connectivity index (χ2n) is 5.40. The van der Waals surface area contributed by atoms with Gasteiger partial charge in [-0.3, -0.25) is 9.36 Å². The van der Waals surface area contributed by atoms with Crippen LogP contribution in [0.4, 0.5) is 0 Å². The maximum Gasteiger partial charge on any atom is 0.264 e. The van der Waals surface area contributed by atoms with Crippen LogP contribution >= 0.6 is 11.6 Å². The van der Waals surface area contributed by atoms with Gasteiger partial charge in [0.15, 0.2) is 0 Å². The van der Waals surface area contributed by atoms with Gasteiger partial charge in [-0.05, 0) is 36.6 Å². The third-order valence-corrected chi connectivity index (χ3v) is 4.12. The van der Waals surface area contributed by atoms with E-state index in [2.05, 4.69) is 0 Å². The number of hydrogen-bond acceptors (Lipinski definition) is 3. The number of nitrogens with zero attached hydrogens (tertiary/aromatic N) is 1. The lowest BCUT2D eigenvalue weighted by Gasteiger charge is -2.18. The minimum atomic E-state index is -0.308. The number of rotatable bonds is 3. The summed E-state index contributed by atoms with van der Waals surface area (Å²) in [6, 6.07) is 14.3. The second kappa shape index (κ2) is 6.07. The van der Waals surface area contributed by atoms with Crippen LogP contribution in [-0.4, -0.2) is 11.7 Å². The van der Waals surface area contributed by atoms with Gasteiger partial charge in [-0.2, -0.15) is 0 Å². The van der Waals surface area contributed by atoms with Gasteiger partial charge < -0.3 is 10.5 Å². The van der Waals surface area contributed by atoms with Crippen LogP contribution in [-0.2, 0) is 0 Å². The normalized spacial score (nSPS) is 12.3. The minimum absolute atomic E-state index is 0.186. The maximum atomic E-state index is 13.1. The fraction of sp³-hybridized carbons (Fsp3) is 0.167. The van der Waals surface area contributed by atoms with E-state index in [9.17, 15) is 4.79 Å². The van der Waals surface area contributed by atoms with Crippen molar-refractivity contribution in [3.63, 3.8) is 0 Å². The number of pyridine rings is 1. The number of ether oxygens (including phenoxy) is 1. The molecule has 0 radical (unpaired) electrons. The number of fused-ring (bicyclic) bond motifs is 1. The monoisotopic (exact) mass is 328 g/mol. The number of aromatic nitrogens is 1. The molecule has 0 aliphatic rings. The van der Waals surface area contributed by atoms with Crippen LogP contribution in [0.15, 0.2) is 53.3 Å². The Balaban J connectivity index is 2.42. The van der Waals surface area contributed by atoms with Crippen molar-refractivity contribution >= 4 is 22.4 Å². The van der Waals surface area contributed by atoms with Crippen molar-refractivity contribution in [3.8, 4) is 11.4 Å². The molecule has 118 valence electrons. The summed E-state index contributed by atoms with van der Waals surface area (Å²) in [5.74, 6) is 0.671. The maximum absolute atomic E-state index is 13.1. The first-order valence-electron chi connectivity index (χ1n) is 7.27. The zero-order valence-corrected chi connectivity index (χ0v) is 13.7. The van der Waals surface area contributed by atoms with Crippen molar-refractivity contribution in [1.82, 2.24) is 4.57 Å². The number of nitrogens with two attached hydrogens (primary N) is 1. The summed E-state index contributed by atoms with van der Waals surface area (Å²) in [7, 11) is 1.59. The van der Waals surface area contributed by atoms with E-state index in [0.29, 0.717) is 21.8 Å². The zero-order valence-electron chi connectivity index (χ0n) is 12.9. The van der Waals surface area contributed by atoms with Crippen LogP contribution in [0.5, 0.6) is 5.75 Å². The Morgan fingerprint density at radius 1 is 1.17 bits per heavy atom. The van der Waals surface area contributed by atoms with E-state index in [-0.39, 0.29) is 11.6 Å². The predicted octanol–water partition coefficient (Wildman–Crippen LogP) is 3.67. The zero-order chi connectivity index (χ0) is 16.6. The molecular formula is C18H17ClN2O2. The van der Waals surface area contributed by atoms with Crippen LogP contribution in [0.2, 0.25) is 5.02 Å². The third kappa shape index (κ3) is 2.71. The molecule has 0 saturated heterocycles. The van der Waals surface area contributed by atoms with Crippen molar-refractivity contribution in [2.24, 2.45) is 5.73 Å². The van der Waals surface area contributed by atoms with Crippen LogP contribution in [0.1, 0.15) is 18.7 Å². The molecule has 3 aromatic rings. The summed E-state index contributed by atoms with van der Waals surface area (Å²) in [5.41, 5.74) is 7.33. The summed E-state index contributed by atoms with van der Waals surface area (Å²) in [6.07, 6.45) is 0. The van der Waals surface area contributed by atoms with Gasteiger partial charge in [-0.25, -0.2) is 0 Å². The molecule has 0 amide bonds. The van der Waals surface area contributed by atoms with E-state index in [1.165, 1.54) is 0 Å². The molecule has 2 N–H and O–H groups in total. The van der Waals surface area contributed by atoms with Gasteiger partial charge in [0, 0.05) is 17.8 Å². The van der Waals surface area contributed by atoms with E-state index in [1.54, 1.807) is 23.8 Å². The molecule has 0 aliphatic heterocycles. The van der Waals surface area contributed by atoms with Gasteiger partial charge in [0.1, 0.15) is 5.75 Å². The van der Waals surface area contributed by atoms with Crippen molar-refractivity contribution in [2.75, 3.05) is 7.11 Å². The van der Waals surface area contributed by atoms with Gasteiger partial charge in [-0.15, -0.1) is 0 Å². The number of hydrogen-bond donors (Lipinski definition) is 1. The Kier molecular flexibility index (Phi) is 4.11. The van der Waals surface area contributed by atoms with Crippen molar-refractivity contribution < 1.29 is 4.74 Å². The standard InChI is InChI=1S/C18H17ClN2O2/c1-11(20)16-9-12-5-3-8-15(19)17(12)18(22)21(16)13-6-4-7-14(10-13)23-2/h3-11H,20H2,1-2H3/t11-/m0/s1. The smallest absolute Gasteiger partial charge is 0.264 e. The summed E-state index contributed by atoms with van der Waals surface area (Å²) >= 11 is 6.24. The average molecular weight is 329 g/mol. The Bertz CT molecular complexity index is 932. The molecule has 2 aromatic carbocycles. The number of benzene rings is 2. The van der Waals surface area contributed by atoms with Gasteiger partial charge in [0.2, 0.25) is 0 Å². The number of methoxy groups -OCH3 is 1. The van der Waals surface area contributed by atoms with Crippen LogP contribution < -0.4 is 16.0 Å². The SMILES string of the molecule is COc1cccc(-n2c([C@H](C)N)cc3cccc(Cl)c3c2=O)c1. The Morgan fingerprint density at radius 3 is 2.61 bits per heavy atom. The molecule has 0 unspecified atom stereocenters. The first-order valence-corrected chi connectivity index (χ1v) is 7.65. The van der Waals surface area contributed by atoms with Crippen LogP contribution in [0.25, 0.3) is 16.5 Å². The summed E-state index contributed by atoms with van der Waals surface area (Å²) < 4.78 is 6.85. The molecule has 4 nitrogen and oxygen atoms in total. The van der Waals surface area contributed by atoms with Crippen molar-refractivity contribution in [1.29, 1.82) is 0 Å². The molecule has 5 heteroatoms. The molecule has 0 saturated carbocycles. The second-order valence-corrected chi connectivity index (χ2v) is 5.81. The molecule has 3 rings (SSSR count). The quantitative estimate of drug-likeness (QED) is 0.798. The highest BCUT2D eigenvalue weighted by Crippen LogP contribution is 2.25. The van der Waals surface area contributed by atoms with E-state index >= 15 is 0 Å². The summed E-state index contributed by atoms with van der Waals surface area (Å²) in [6.45, 7) is 1.85. The molecule has 23 heavy (non-hydrogen) atoms. The third-order valence-electron chi connectivity index (χ3n) is 3.80. The van der Waals surface area contributed by atoms with E-state index in [1.807, 2.05) is 43.3 Å². The lowest BCUT2D eigenvalue weighted by atomic mass is 10.1. The van der Waals surface area contributed by atoms with Crippen molar-refractivity contribution in [2.45, 2.75) is 13.0 Å². The number of halogens is 1. The predicted molar refractivity (Wildman–Crippen MR) is 93.7 cm³/mol. The Morgan fingerprint density at radius 2 is 1.91 bits per heavy atom. The average Bonchev–Trinajstić information content (AvgIpc) is 2.54. The van der Waals surface area contributed by atoms with Crippen LogP contribution in [0, 0.1) is 0 Å². The van der Waals surface area contributed by atoms with Gasteiger partial charge in [-0.1, -0.05) is 29.8 Å². The van der Waals surface area contributed by atoms with Crippen molar-refractivity contribution in [3.05, 3.63) is 69.6 Å².